The third kappa shape index (κ3) is 5.90. The Kier molecular flexibility index (Phi) is 6.20. The van der Waals surface area contributed by atoms with Gasteiger partial charge < -0.3 is 5.32 Å². The Bertz CT molecular complexity index is 813. The van der Waals surface area contributed by atoms with Crippen LogP contribution in [0.3, 0.4) is 0 Å². The van der Waals surface area contributed by atoms with Crippen LogP contribution in [0.25, 0.3) is 0 Å². The summed E-state index contributed by atoms with van der Waals surface area (Å²) in [6.45, 7) is 4.39. The Hall–Kier alpha value is -2.34. The normalized spacial score (nSPS) is 11.2. The van der Waals surface area contributed by atoms with Crippen molar-refractivity contribution in [3.8, 4) is 0 Å². The van der Waals surface area contributed by atoms with E-state index in [0.29, 0.717) is 12.2 Å². The fraction of sp³-hybridized carbons (Fsp3) is 0.316. The van der Waals surface area contributed by atoms with Crippen molar-refractivity contribution < 1.29 is 13.2 Å². The van der Waals surface area contributed by atoms with Gasteiger partial charge >= 0.3 is 0 Å². The molecule has 6 heteroatoms. The molecule has 0 saturated heterocycles. The van der Waals surface area contributed by atoms with Crippen molar-refractivity contribution in [2.24, 2.45) is 0 Å². The van der Waals surface area contributed by atoms with Gasteiger partial charge in [-0.15, -0.1) is 0 Å². The van der Waals surface area contributed by atoms with Crippen LogP contribution in [0.15, 0.2) is 48.5 Å². The van der Waals surface area contributed by atoms with Crippen LogP contribution in [0.2, 0.25) is 0 Å². The molecule has 0 aliphatic rings. The van der Waals surface area contributed by atoms with Gasteiger partial charge in [0.15, 0.2) is 0 Å². The van der Waals surface area contributed by atoms with E-state index in [1.165, 1.54) is 4.31 Å². The molecule has 2 aromatic rings. The maximum atomic E-state index is 12.1. The van der Waals surface area contributed by atoms with E-state index >= 15 is 0 Å². The highest BCUT2D eigenvalue weighted by atomic mass is 32.2. The lowest BCUT2D eigenvalue weighted by Crippen LogP contribution is -2.34. The summed E-state index contributed by atoms with van der Waals surface area (Å²) >= 11 is 0. The Morgan fingerprint density at radius 1 is 1.04 bits per heavy atom. The molecule has 0 saturated carbocycles. The number of carbonyl (C=O) groups excluding carboxylic acids is 1. The average Bonchev–Trinajstić information content (AvgIpc) is 2.52. The molecule has 0 fully saturated rings. The minimum Gasteiger partial charge on any atom is -0.352 e. The van der Waals surface area contributed by atoms with Gasteiger partial charge in [0, 0.05) is 19.5 Å². The van der Waals surface area contributed by atoms with Crippen LogP contribution >= 0.6 is 0 Å². The lowest BCUT2D eigenvalue weighted by molar-refractivity contribution is -0.121. The van der Waals surface area contributed by atoms with E-state index in [1.54, 1.807) is 0 Å². The van der Waals surface area contributed by atoms with Crippen LogP contribution in [0.4, 0.5) is 5.69 Å². The van der Waals surface area contributed by atoms with Crippen molar-refractivity contribution in [3.63, 3.8) is 0 Å². The van der Waals surface area contributed by atoms with Gasteiger partial charge in [0.1, 0.15) is 0 Å². The second-order valence-electron chi connectivity index (χ2n) is 6.19. The Labute approximate surface area is 149 Å². The fourth-order valence-corrected chi connectivity index (χ4v) is 3.58. The van der Waals surface area contributed by atoms with Crippen molar-refractivity contribution in [1.82, 2.24) is 5.32 Å². The second-order valence-corrected chi connectivity index (χ2v) is 8.10. The second kappa shape index (κ2) is 8.16. The summed E-state index contributed by atoms with van der Waals surface area (Å²) in [4.78, 5) is 12.1. The maximum absolute atomic E-state index is 12.1. The molecule has 0 aliphatic carbocycles. The lowest BCUT2D eigenvalue weighted by atomic mass is 10.1. The van der Waals surface area contributed by atoms with Gasteiger partial charge in [-0.05, 0) is 42.7 Å². The first kappa shape index (κ1) is 19.0. The molecule has 5 nitrogen and oxygen atoms in total. The van der Waals surface area contributed by atoms with E-state index in [4.69, 9.17) is 0 Å². The minimum atomic E-state index is -3.46. The highest BCUT2D eigenvalue weighted by molar-refractivity contribution is 7.92. The Morgan fingerprint density at radius 3 is 2.20 bits per heavy atom. The van der Waals surface area contributed by atoms with Crippen molar-refractivity contribution in [2.75, 3.05) is 17.1 Å². The summed E-state index contributed by atoms with van der Waals surface area (Å²) in [7, 11) is -3.46. The van der Waals surface area contributed by atoms with Crippen LogP contribution in [-0.4, -0.2) is 27.1 Å². The van der Waals surface area contributed by atoms with Gasteiger partial charge in [-0.3, -0.25) is 9.10 Å². The SMILES string of the molecule is Cc1cc(C)cc(N(CCC(=O)NCc2ccccc2)S(C)(=O)=O)c1. The van der Waals surface area contributed by atoms with Crippen LogP contribution in [0.5, 0.6) is 0 Å². The number of sulfonamides is 1. The molecule has 0 unspecified atom stereocenters. The van der Waals surface area contributed by atoms with Crippen molar-refractivity contribution in [3.05, 3.63) is 65.2 Å². The number of hydrogen-bond acceptors (Lipinski definition) is 3. The summed E-state index contributed by atoms with van der Waals surface area (Å²) in [6.07, 6.45) is 1.26. The summed E-state index contributed by atoms with van der Waals surface area (Å²) in [5, 5.41) is 2.82. The lowest BCUT2D eigenvalue weighted by Gasteiger charge is -2.23. The van der Waals surface area contributed by atoms with Crippen LogP contribution in [-0.2, 0) is 21.4 Å². The summed E-state index contributed by atoms with van der Waals surface area (Å²) < 4.78 is 25.6. The van der Waals surface area contributed by atoms with Crippen molar-refractivity contribution in [1.29, 1.82) is 0 Å². The molecule has 0 aromatic heterocycles. The number of benzene rings is 2. The van der Waals surface area contributed by atoms with Crippen molar-refractivity contribution in [2.45, 2.75) is 26.8 Å². The third-order valence-electron chi connectivity index (χ3n) is 3.77. The average molecular weight is 360 g/mol. The van der Waals surface area contributed by atoms with E-state index in [0.717, 1.165) is 22.9 Å². The van der Waals surface area contributed by atoms with Gasteiger partial charge in [0.2, 0.25) is 15.9 Å². The zero-order valence-corrected chi connectivity index (χ0v) is 15.6. The third-order valence-corrected chi connectivity index (χ3v) is 4.96. The van der Waals surface area contributed by atoms with Gasteiger partial charge in [0.05, 0.1) is 11.9 Å². The van der Waals surface area contributed by atoms with Gasteiger partial charge in [0.25, 0.3) is 0 Å². The molecular formula is C19H24N2O3S. The van der Waals surface area contributed by atoms with E-state index in [1.807, 2.05) is 62.4 Å². The molecule has 1 amide bonds. The first-order chi connectivity index (χ1) is 11.8. The minimum absolute atomic E-state index is 0.104. The number of amides is 1. The standard InChI is InChI=1S/C19H24N2O3S/c1-15-11-16(2)13-18(12-15)21(25(3,23)24)10-9-19(22)20-14-17-7-5-4-6-8-17/h4-8,11-13H,9-10,14H2,1-3H3,(H,20,22). The number of aryl methyl sites for hydroxylation is 2. The van der Waals surface area contributed by atoms with Gasteiger partial charge in [-0.2, -0.15) is 0 Å². The zero-order chi connectivity index (χ0) is 18.4. The van der Waals surface area contributed by atoms with E-state index < -0.39 is 10.0 Å². The number of nitrogens with one attached hydrogen (secondary N) is 1. The molecular weight excluding hydrogens is 336 g/mol. The molecule has 0 atom stereocenters. The number of carbonyl (C=O) groups is 1. The van der Waals surface area contributed by atoms with Gasteiger partial charge in [-0.25, -0.2) is 8.42 Å². The smallest absolute Gasteiger partial charge is 0.232 e. The molecule has 0 spiro atoms. The summed E-state index contributed by atoms with van der Waals surface area (Å²) in [5.74, 6) is -0.179. The fourth-order valence-electron chi connectivity index (χ4n) is 2.67. The van der Waals surface area contributed by atoms with Crippen LogP contribution in [0, 0.1) is 13.8 Å². The number of rotatable bonds is 7. The molecule has 2 rings (SSSR count). The van der Waals surface area contributed by atoms with E-state index in [-0.39, 0.29) is 18.9 Å². The molecule has 2 aromatic carbocycles. The first-order valence-corrected chi connectivity index (χ1v) is 9.97. The number of nitrogens with zero attached hydrogens (tertiary/aromatic N) is 1. The highest BCUT2D eigenvalue weighted by Crippen LogP contribution is 2.21. The predicted molar refractivity (Wildman–Crippen MR) is 101 cm³/mol. The number of anilines is 1. The van der Waals surface area contributed by atoms with E-state index in [9.17, 15) is 13.2 Å². The maximum Gasteiger partial charge on any atom is 0.232 e. The molecule has 134 valence electrons. The Balaban J connectivity index is 2.02. The molecule has 1 N–H and O–H groups in total. The largest absolute Gasteiger partial charge is 0.352 e. The quantitative estimate of drug-likeness (QED) is 0.826. The highest BCUT2D eigenvalue weighted by Gasteiger charge is 2.19. The van der Waals surface area contributed by atoms with Crippen LogP contribution in [0.1, 0.15) is 23.1 Å². The van der Waals surface area contributed by atoms with Gasteiger partial charge in [-0.1, -0.05) is 36.4 Å². The first-order valence-electron chi connectivity index (χ1n) is 8.12. The molecule has 0 aliphatic heterocycles. The predicted octanol–water partition coefficient (Wildman–Crippen LogP) is 2.78. The van der Waals surface area contributed by atoms with Crippen LogP contribution < -0.4 is 9.62 Å². The monoisotopic (exact) mass is 360 g/mol. The molecule has 25 heavy (non-hydrogen) atoms. The zero-order valence-electron chi connectivity index (χ0n) is 14.8. The van der Waals surface area contributed by atoms with Crippen molar-refractivity contribution >= 4 is 21.6 Å². The molecule has 0 bridgehead atoms. The summed E-state index contributed by atoms with van der Waals surface area (Å²) in [5.41, 5.74) is 3.57. The topological polar surface area (TPSA) is 66.5 Å². The Morgan fingerprint density at radius 2 is 1.64 bits per heavy atom. The molecule has 0 heterocycles. The summed E-state index contributed by atoms with van der Waals surface area (Å²) in [6, 6.07) is 15.2. The van der Waals surface area contributed by atoms with E-state index in [2.05, 4.69) is 5.32 Å². The molecule has 0 radical (unpaired) electrons. The number of hydrogen-bond donors (Lipinski definition) is 1.